The van der Waals surface area contributed by atoms with E-state index in [1.165, 1.54) is 11.3 Å². The molecule has 2 heterocycles. The Labute approximate surface area is 125 Å². The summed E-state index contributed by atoms with van der Waals surface area (Å²) in [6, 6.07) is 3.55. The number of nitrogens with zero attached hydrogens (tertiary/aromatic N) is 2. The van der Waals surface area contributed by atoms with E-state index in [0.29, 0.717) is 11.4 Å². The highest BCUT2D eigenvalue weighted by Crippen LogP contribution is 2.18. The van der Waals surface area contributed by atoms with Gasteiger partial charge in [-0.3, -0.25) is 4.79 Å². The molecule has 0 saturated carbocycles. The topological polar surface area (TPSA) is 53.4 Å². The second kappa shape index (κ2) is 6.66. The van der Waals surface area contributed by atoms with Crippen LogP contribution in [-0.2, 0) is 6.54 Å². The van der Waals surface area contributed by atoms with Gasteiger partial charge in [0.2, 0.25) is 0 Å². The number of aromatic nitrogens is 1. The van der Waals surface area contributed by atoms with Gasteiger partial charge in [0.15, 0.2) is 0 Å². The van der Waals surface area contributed by atoms with Gasteiger partial charge in [-0.15, -0.1) is 22.7 Å². The lowest BCUT2D eigenvalue weighted by Gasteiger charge is -2.14. The maximum Gasteiger partial charge on any atom is 0.264 e. The standard InChI is InChI=1S/C14H14N2O2S2/c1-10-15-11(9-19-10)8-16(2)14(18)13-6-5-12(20-13)4-3-7-17/h5-6,9,17H,7-8H2,1-2H3. The molecule has 0 aromatic carbocycles. The summed E-state index contributed by atoms with van der Waals surface area (Å²) in [4.78, 5) is 19.7. The van der Waals surface area contributed by atoms with Crippen LogP contribution in [0.25, 0.3) is 0 Å². The molecule has 6 heteroatoms. The predicted octanol–water partition coefficient (Wildman–Crippen LogP) is 2.13. The number of amides is 1. The summed E-state index contributed by atoms with van der Waals surface area (Å²) in [7, 11) is 1.76. The van der Waals surface area contributed by atoms with Gasteiger partial charge in [-0.1, -0.05) is 11.8 Å². The molecule has 20 heavy (non-hydrogen) atoms. The van der Waals surface area contributed by atoms with E-state index in [1.807, 2.05) is 12.3 Å². The second-order valence-corrected chi connectivity index (χ2v) is 6.29. The molecule has 0 saturated heterocycles. The van der Waals surface area contributed by atoms with E-state index in [4.69, 9.17) is 5.11 Å². The third kappa shape index (κ3) is 3.67. The average Bonchev–Trinajstić information content (AvgIpc) is 3.04. The molecule has 0 aliphatic heterocycles. The number of thiazole rings is 1. The largest absolute Gasteiger partial charge is 0.384 e. The van der Waals surface area contributed by atoms with Crippen LogP contribution in [0.2, 0.25) is 0 Å². The van der Waals surface area contributed by atoms with Gasteiger partial charge in [0.05, 0.1) is 27.0 Å². The number of hydrogen-bond donors (Lipinski definition) is 1. The van der Waals surface area contributed by atoms with Gasteiger partial charge >= 0.3 is 0 Å². The summed E-state index contributed by atoms with van der Waals surface area (Å²) in [5.41, 5.74) is 0.903. The molecule has 0 spiro atoms. The zero-order chi connectivity index (χ0) is 14.5. The van der Waals surface area contributed by atoms with Gasteiger partial charge in [0.1, 0.15) is 6.61 Å². The van der Waals surface area contributed by atoms with Gasteiger partial charge < -0.3 is 10.0 Å². The van der Waals surface area contributed by atoms with Crippen molar-refractivity contribution in [2.45, 2.75) is 13.5 Å². The van der Waals surface area contributed by atoms with Crippen molar-refractivity contribution in [1.29, 1.82) is 0 Å². The van der Waals surface area contributed by atoms with E-state index in [2.05, 4.69) is 16.8 Å². The van der Waals surface area contributed by atoms with Crippen molar-refractivity contribution in [2.75, 3.05) is 13.7 Å². The Morgan fingerprint density at radius 3 is 2.95 bits per heavy atom. The molecule has 0 unspecified atom stereocenters. The number of hydrogen-bond acceptors (Lipinski definition) is 5. The van der Waals surface area contributed by atoms with Crippen LogP contribution < -0.4 is 0 Å². The Hall–Kier alpha value is -1.68. The summed E-state index contributed by atoms with van der Waals surface area (Å²) in [5, 5.41) is 11.6. The van der Waals surface area contributed by atoms with Gasteiger partial charge in [-0.05, 0) is 19.1 Å². The molecular formula is C14H14N2O2S2. The molecular weight excluding hydrogens is 292 g/mol. The highest BCUT2D eigenvalue weighted by atomic mass is 32.1. The smallest absolute Gasteiger partial charge is 0.264 e. The van der Waals surface area contributed by atoms with E-state index in [-0.39, 0.29) is 12.5 Å². The number of carbonyl (C=O) groups excluding carboxylic acids is 1. The molecule has 0 atom stereocenters. The van der Waals surface area contributed by atoms with Crippen molar-refractivity contribution >= 4 is 28.6 Å². The molecule has 0 aliphatic carbocycles. The average molecular weight is 306 g/mol. The fourth-order valence-electron chi connectivity index (χ4n) is 1.63. The minimum atomic E-state index is -0.176. The van der Waals surface area contributed by atoms with E-state index in [0.717, 1.165) is 15.6 Å². The van der Waals surface area contributed by atoms with Gasteiger partial charge in [-0.2, -0.15) is 0 Å². The SMILES string of the molecule is Cc1nc(CN(C)C(=O)c2ccc(C#CCO)s2)cs1. The molecule has 4 nitrogen and oxygen atoms in total. The molecule has 1 N–H and O–H groups in total. The van der Waals surface area contributed by atoms with Crippen molar-refractivity contribution in [1.82, 2.24) is 9.88 Å². The molecule has 0 fully saturated rings. The number of carbonyl (C=O) groups is 1. The third-order valence-corrected chi connectivity index (χ3v) is 4.33. The van der Waals surface area contributed by atoms with Gasteiger partial charge in [-0.25, -0.2) is 4.98 Å². The molecule has 0 radical (unpaired) electrons. The van der Waals surface area contributed by atoms with E-state index < -0.39 is 0 Å². The number of rotatable bonds is 3. The minimum absolute atomic E-state index is 0.0438. The lowest BCUT2D eigenvalue weighted by Crippen LogP contribution is -2.25. The Kier molecular flexibility index (Phi) is 4.90. The van der Waals surface area contributed by atoms with E-state index >= 15 is 0 Å². The van der Waals surface area contributed by atoms with Gasteiger partial charge in [0, 0.05) is 12.4 Å². The van der Waals surface area contributed by atoms with Crippen molar-refractivity contribution in [3.05, 3.63) is 38.0 Å². The van der Waals surface area contributed by atoms with E-state index in [9.17, 15) is 4.79 Å². The quantitative estimate of drug-likeness (QED) is 0.884. The lowest BCUT2D eigenvalue weighted by atomic mass is 10.3. The van der Waals surface area contributed by atoms with Crippen LogP contribution in [0.4, 0.5) is 0 Å². The highest BCUT2D eigenvalue weighted by molar-refractivity contribution is 7.14. The van der Waals surface area contributed by atoms with Crippen LogP contribution in [0.3, 0.4) is 0 Å². The molecule has 0 aliphatic rings. The van der Waals surface area contributed by atoms with Crippen LogP contribution >= 0.6 is 22.7 Å². The summed E-state index contributed by atoms with van der Waals surface area (Å²) in [6.07, 6.45) is 0. The first-order valence-corrected chi connectivity index (χ1v) is 7.66. The predicted molar refractivity (Wildman–Crippen MR) is 80.9 cm³/mol. The van der Waals surface area contributed by atoms with Gasteiger partial charge in [0.25, 0.3) is 5.91 Å². The van der Waals surface area contributed by atoms with Crippen LogP contribution in [0, 0.1) is 18.8 Å². The number of aliphatic hydroxyl groups is 1. The number of aliphatic hydroxyl groups excluding tert-OH is 1. The fraction of sp³-hybridized carbons (Fsp3) is 0.286. The lowest BCUT2D eigenvalue weighted by molar-refractivity contribution is 0.0788. The van der Waals surface area contributed by atoms with Crippen molar-refractivity contribution in [3.8, 4) is 11.8 Å². The molecule has 2 aromatic rings. The first-order valence-electron chi connectivity index (χ1n) is 5.96. The molecule has 104 valence electrons. The molecule has 2 rings (SSSR count). The number of aryl methyl sites for hydroxylation is 1. The molecule has 2 aromatic heterocycles. The Balaban J connectivity index is 2.04. The van der Waals surface area contributed by atoms with E-state index in [1.54, 1.807) is 35.4 Å². The molecule has 1 amide bonds. The van der Waals surface area contributed by atoms with Crippen LogP contribution in [0.1, 0.15) is 25.3 Å². The second-order valence-electron chi connectivity index (χ2n) is 4.14. The zero-order valence-electron chi connectivity index (χ0n) is 11.2. The first-order chi connectivity index (χ1) is 9.60. The van der Waals surface area contributed by atoms with Crippen molar-refractivity contribution in [2.24, 2.45) is 0 Å². The maximum absolute atomic E-state index is 12.3. The Morgan fingerprint density at radius 1 is 1.50 bits per heavy atom. The Bertz CT molecular complexity index is 664. The minimum Gasteiger partial charge on any atom is -0.384 e. The normalized spacial score (nSPS) is 9.95. The fourth-order valence-corrected chi connectivity index (χ4v) is 3.11. The first kappa shape index (κ1) is 14.7. The zero-order valence-corrected chi connectivity index (χ0v) is 12.8. The third-order valence-electron chi connectivity index (χ3n) is 2.52. The van der Waals surface area contributed by atoms with Crippen LogP contribution in [-0.4, -0.2) is 34.6 Å². The highest BCUT2D eigenvalue weighted by Gasteiger charge is 2.15. The van der Waals surface area contributed by atoms with Crippen molar-refractivity contribution in [3.63, 3.8) is 0 Å². The summed E-state index contributed by atoms with van der Waals surface area (Å²) >= 11 is 2.91. The Morgan fingerprint density at radius 2 is 2.30 bits per heavy atom. The molecule has 0 bridgehead atoms. The summed E-state index contributed by atoms with van der Waals surface area (Å²) < 4.78 is 0. The van der Waals surface area contributed by atoms with Crippen LogP contribution in [0.5, 0.6) is 0 Å². The summed E-state index contributed by atoms with van der Waals surface area (Å²) in [6.45, 7) is 2.27. The van der Waals surface area contributed by atoms with Crippen molar-refractivity contribution < 1.29 is 9.90 Å². The monoisotopic (exact) mass is 306 g/mol. The summed E-state index contributed by atoms with van der Waals surface area (Å²) in [5.74, 6) is 5.33. The van der Waals surface area contributed by atoms with Crippen LogP contribution in [0.15, 0.2) is 17.5 Å². The maximum atomic E-state index is 12.3. The number of thiophene rings is 1.